The second-order valence-electron chi connectivity index (χ2n) is 4.26. The highest BCUT2D eigenvalue weighted by atomic mass is 79.9. The predicted molar refractivity (Wildman–Crippen MR) is 84.7 cm³/mol. The van der Waals surface area contributed by atoms with Crippen LogP contribution in [0.2, 0.25) is 0 Å². The van der Waals surface area contributed by atoms with Crippen molar-refractivity contribution in [3.8, 4) is 6.07 Å². The monoisotopic (exact) mass is 341 g/mol. The van der Waals surface area contributed by atoms with Crippen LogP contribution < -0.4 is 5.43 Å². The first-order chi connectivity index (χ1) is 10.2. The number of rotatable bonds is 4. The van der Waals surface area contributed by atoms with Crippen LogP contribution >= 0.6 is 15.9 Å². The summed E-state index contributed by atoms with van der Waals surface area (Å²) in [5.74, 6) is -1.32. The van der Waals surface area contributed by atoms with Crippen molar-refractivity contribution in [1.82, 2.24) is 5.43 Å². The molecular formula is C16H12BrN3O. The van der Waals surface area contributed by atoms with Crippen molar-refractivity contribution in [1.29, 1.82) is 5.26 Å². The van der Waals surface area contributed by atoms with Crippen molar-refractivity contribution in [2.45, 2.75) is 5.92 Å². The zero-order valence-electron chi connectivity index (χ0n) is 11.0. The number of nitrogens with zero attached hydrogens (tertiary/aromatic N) is 2. The van der Waals surface area contributed by atoms with Gasteiger partial charge in [-0.15, -0.1) is 0 Å². The Kier molecular flexibility index (Phi) is 5.24. The maximum absolute atomic E-state index is 12.0. The average molecular weight is 342 g/mol. The first-order valence-electron chi connectivity index (χ1n) is 6.24. The molecule has 4 nitrogen and oxygen atoms in total. The summed E-state index contributed by atoms with van der Waals surface area (Å²) in [4.78, 5) is 12.0. The number of amides is 1. The Labute approximate surface area is 131 Å². The quantitative estimate of drug-likeness (QED) is 0.685. The molecular weight excluding hydrogens is 330 g/mol. The molecule has 1 atom stereocenters. The van der Waals surface area contributed by atoms with Gasteiger partial charge in [-0.2, -0.15) is 10.4 Å². The molecule has 0 bridgehead atoms. The first kappa shape index (κ1) is 14.9. The largest absolute Gasteiger partial charge is 0.271 e. The van der Waals surface area contributed by atoms with E-state index in [-0.39, 0.29) is 0 Å². The van der Waals surface area contributed by atoms with Gasteiger partial charge in [0.2, 0.25) is 0 Å². The van der Waals surface area contributed by atoms with E-state index < -0.39 is 11.8 Å². The Hall–Kier alpha value is -2.45. The molecule has 0 fully saturated rings. The normalized spacial score (nSPS) is 11.8. The SMILES string of the molecule is N#C[C@H](C(=O)N/N=C\c1cccc(Br)c1)c1ccccc1. The number of halogens is 1. The summed E-state index contributed by atoms with van der Waals surface area (Å²) in [6, 6.07) is 18.4. The van der Waals surface area contributed by atoms with Crippen molar-refractivity contribution < 1.29 is 4.79 Å². The summed E-state index contributed by atoms with van der Waals surface area (Å²) in [5.41, 5.74) is 3.89. The molecule has 0 saturated heterocycles. The summed E-state index contributed by atoms with van der Waals surface area (Å²) < 4.78 is 0.928. The van der Waals surface area contributed by atoms with E-state index in [0.717, 1.165) is 10.0 Å². The fourth-order valence-corrected chi connectivity index (χ4v) is 2.17. The highest BCUT2D eigenvalue weighted by Crippen LogP contribution is 2.14. The first-order valence-corrected chi connectivity index (χ1v) is 7.03. The molecule has 0 aromatic heterocycles. The van der Waals surface area contributed by atoms with E-state index in [2.05, 4.69) is 26.5 Å². The van der Waals surface area contributed by atoms with E-state index in [1.54, 1.807) is 24.3 Å². The third-order valence-corrected chi connectivity index (χ3v) is 3.25. The van der Waals surface area contributed by atoms with Crippen LogP contribution in [-0.4, -0.2) is 12.1 Å². The van der Waals surface area contributed by atoms with Crippen LogP contribution in [0.4, 0.5) is 0 Å². The maximum Gasteiger partial charge on any atom is 0.261 e. The van der Waals surface area contributed by atoms with Crippen LogP contribution in [0.25, 0.3) is 0 Å². The molecule has 0 saturated carbocycles. The van der Waals surface area contributed by atoms with Crippen molar-refractivity contribution in [3.05, 3.63) is 70.2 Å². The number of hydrogen-bond acceptors (Lipinski definition) is 3. The van der Waals surface area contributed by atoms with Crippen molar-refractivity contribution in [2.24, 2.45) is 5.10 Å². The van der Waals surface area contributed by atoms with E-state index in [0.29, 0.717) is 5.56 Å². The topological polar surface area (TPSA) is 65.2 Å². The summed E-state index contributed by atoms with van der Waals surface area (Å²) in [6.07, 6.45) is 1.53. The van der Waals surface area contributed by atoms with Gasteiger partial charge in [-0.3, -0.25) is 4.79 Å². The van der Waals surface area contributed by atoms with E-state index in [9.17, 15) is 4.79 Å². The van der Waals surface area contributed by atoms with Crippen LogP contribution in [0, 0.1) is 11.3 Å². The lowest BCUT2D eigenvalue weighted by Gasteiger charge is -2.07. The molecule has 2 rings (SSSR count). The van der Waals surface area contributed by atoms with Crippen LogP contribution in [0.1, 0.15) is 17.0 Å². The van der Waals surface area contributed by atoms with Crippen LogP contribution in [-0.2, 0) is 4.79 Å². The molecule has 2 aromatic rings. The van der Waals surface area contributed by atoms with Gasteiger partial charge in [-0.05, 0) is 23.3 Å². The number of carbonyl (C=O) groups excluding carboxylic acids is 1. The van der Waals surface area contributed by atoms with Crippen LogP contribution in [0.15, 0.2) is 64.2 Å². The van der Waals surface area contributed by atoms with E-state index in [1.165, 1.54) is 6.21 Å². The molecule has 21 heavy (non-hydrogen) atoms. The molecule has 0 aliphatic heterocycles. The van der Waals surface area contributed by atoms with Crippen molar-refractivity contribution in [3.63, 3.8) is 0 Å². The molecule has 0 unspecified atom stereocenters. The molecule has 0 radical (unpaired) electrons. The Morgan fingerprint density at radius 3 is 2.67 bits per heavy atom. The predicted octanol–water partition coefficient (Wildman–Crippen LogP) is 3.21. The van der Waals surface area contributed by atoms with Gasteiger partial charge < -0.3 is 0 Å². The Balaban J connectivity index is 2.02. The van der Waals surface area contributed by atoms with E-state index >= 15 is 0 Å². The minimum absolute atomic E-state index is 0.449. The molecule has 0 aliphatic carbocycles. The third-order valence-electron chi connectivity index (χ3n) is 2.76. The van der Waals surface area contributed by atoms with Gasteiger partial charge in [0.15, 0.2) is 5.92 Å². The Bertz CT molecular complexity index is 692. The molecule has 1 amide bonds. The van der Waals surface area contributed by atoms with Gasteiger partial charge >= 0.3 is 0 Å². The lowest BCUT2D eigenvalue weighted by molar-refractivity contribution is -0.121. The second-order valence-corrected chi connectivity index (χ2v) is 5.18. The van der Waals surface area contributed by atoms with Crippen LogP contribution in [0.5, 0.6) is 0 Å². The number of hydrazone groups is 1. The van der Waals surface area contributed by atoms with Crippen molar-refractivity contribution >= 4 is 28.1 Å². The highest BCUT2D eigenvalue weighted by molar-refractivity contribution is 9.10. The van der Waals surface area contributed by atoms with Gasteiger partial charge in [0, 0.05) is 4.47 Å². The average Bonchev–Trinajstić information content (AvgIpc) is 2.49. The molecule has 0 aliphatic rings. The zero-order valence-corrected chi connectivity index (χ0v) is 12.6. The molecule has 0 spiro atoms. The number of carbonyl (C=O) groups is 1. The number of nitriles is 1. The summed E-state index contributed by atoms with van der Waals surface area (Å²) in [6.45, 7) is 0. The number of benzene rings is 2. The fraction of sp³-hybridized carbons (Fsp3) is 0.0625. The van der Waals surface area contributed by atoms with E-state index in [4.69, 9.17) is 5.26 Å². The lowest BCUT2D eigenvalue weighted by Crippen LogP contribution is -2.24. The van der Waals surface area contributed by atoms with Crippen molar-refractivity contribution in [2.75, 3.05) is 0 Å². The highest BCUT2D eigenvalue weighted by Gasteiger charge is 2.19. The van der Waals surface area contributed by atoms with Gasteiger partial charge in [0.1, 0.15) is 0 Å². The molecule has 1 N–H and O–H groups in total. The standard InChI is InChI=1S/C16H12BrN3O/c17-14-8-4-5-12(9-14)11-19-20-16(21)15(10-18)13-6-2-1-3-7-13/h1-9,11,15H,(H,20,21)/b19-11-/t15-/m0/s1. The van der Waals surface area contributed by atoms with Gasteiger partial charge in [0.25, 0.3) is 5.91 Å². The minimum Gasteiger partial charge on any atom is -0.271 e. The van der Waals surface area contributed by atoms with Crippen LogP contribution in [0.3, 0.4) is 0 Å². The molecule has 2 aromatic carbocycles. The van der Waals surface area contributed by atoms with Gasteiger partial charge in [0.05, 0.1) is 12.3 Å². The summed E-state index contributed by atoms with van der Waals surface area (Å²) in [7, 11) is 0. The third kappa shape index (κ3) is 4.26. The Morgan fingerprint density at radius 2 is 2.00 bits per heavy atom. The smallest absolute Gasteiger partial charge is 0.261 e. The minimum atomic E-state index is -0.870. The molecule has 5 heteroatoms. The maximum atomic E-state index is 12.0. The van der Waals surface area contributed by atoms with Gasteiger partial charge in [-0.25, -0.2) is 5.43 Å². The summed E-state index contributed by atoms with van der Waals surface area (Å²) in [5, 5.41) is 13.0. The zero-order chi connectivity index (χ0) is 15.1. The number of nitrogens with one attached hydrogen (secondary N) is 1. The van der Waals surface area contributed by atoms with E-state index in [1.807, 2.05) is 36.4 Å². The van der Waals surface area contributed by atoms with Gasteiger partial charge in [-0.1, -0.05) is 58.4 Å². The number of hydrogen-bond donors (Lipinski definition) is 1. The molecule has 0 heterocycles. The second kappa shape index (κ2) is 7.36. The lowest BCUT2D eigenvalue weighted by atomic mass is 10.0. The summed E-state index contributed by atoms with van der Waals surface area (Å²) >= 11 is 3.36. The molecule has 104 valence electrons. The Morgan fingerprint density at radius 1 is 1.24 bits per heavy atom. The fourth-order valence-electron chi connectivity index (χ4n) is 1.75.